The van der Waals surface area contributed by atoms with Crippen molar-refractivity contribution in [2.45, 2.75) is 12.8 Å². The van der Waals surface area contributed by atoms with E-state index in [1.165, 1.54) is 39.1 Å². The molecule has 6 heteroatoms. The fourth-order valence-electron chi connectivity index (χ4n) is 3.24. The Kier molecular flexibility index (Phi) is 12.4. The van der Waals surface area contributed by atoms with Crippen LogP contribution >= 0.6 is 36.4 Å². The average Bonchev–Trinajstić information content (AvgIpc) is 2.68. The van der Waals surface area contributed by atoms with Crippen LogP contribution in [-0.2, 0) is 0 Å². The summed E-state index contributed by atoms with van der Waals surface area (Å²) in [6, 6.07) is 16.0. The van der Waals surface area contributed by atoms with Gasteiger partial charge in [-0.1, -0.05) is 54.1 Å². The van der Waals surface area contributed by atoms with Crippen LogP contribution in [0.3, 0.4) is 0 Å². The van der Waals surface area contributed by atoms with E-state index >= 15 is 0 Å². The second kappa shape index (κ2) is 13.9. The lowest BCUT2D eigenvalue weighted by atomic mass is 10.1. The van der Waals surface area contributed by atoms with Crippen LogP contribution in [-0.4, -0.2) is 56.2 Å². The van der Waals surface area contributed by atoms with Crippen LogP contribution < -0.4 is 4.74 Å². The van der Waals surface area contributed by atoms with Crippen LogP contribution in [0, 0.1) is 0 Å². The van der Waals surface area contributed by atoms with Gasteiger partial charge in [0, 0.05) is 36.8 Å². The van der Waals surface area contributed by atoms with Crippen molar-refractivity contribution in [3.63, 3.8) is 0 Å². The van der Waals surface area contributed by atoms with Crippen molar-refractivity contribution in [3.05, 3.63) is 64.7 Å². The lowest BCUT2D eigenvalue weighted by Crippen LogP contribution is -2.44. The maximum atomic E-state index is 6.05. The molecule has 0 bridgehead atoms. The zero-order valence-corrected chi connectivity index (χ0v) is 19.3. The van der Waals surface area contributed by atoms with Gasteiger partial charge in [-0.25, -0.2) is 0 Å². The normalized spacial score (nSPS) is 15.0. The first-order valence-corrected chi connectivity index (χ1v) is 10.1. The van der Waals surface area contributed by atoms with Gasteiger partial charge >= 0.3 is 0 Å². The molecule has 0 N–H and O–H groups in total. The number of ether oxygens (including phenoxy) is 1. The van der Waals surface area contributed by atoms with Gasteiger partial charge in [0.05, 0.1) is 6.61 Å². The Morgan fingerprint density at radius 3 is 2.45 bits per heavy atom. The number of nitrogens with zero attached hydrogens (tertiary/aromatic N) is 2. The molecule has 0 aromatic heterocycles. The molecule has 1 heterocycles. The lowest BCUT2D eigenvalue weighted by Gasteiger charge is -2.32. The number of halogens is 3. The van der Waals surface area contributed by atoms with E-state index in [1.54, 1.807) is 0 Å². The van der Waals surface area contributed by atoms with Gasteiger partial charge in [0.2, 0.25) is 0 Å². The molecule has 1 fully saturated rings. The van der Waals surface area contributed by atoms with Gasteiger partial charge in [0.1, 0.15) is 5.75 Å². The van der Waals surface area contributed by atoms with E-state index in [0.717, 1.165) is 34.9 Å². The van der Waals surface area contributed by atoms with Crippen LogP contribution in [0.4, 0.5) is 0 Å². The molecule has 3 nitrogen and oxygen atoms in total. The number of hydrogen-bond donors (Lipinski definition) is 0. The smallest absolute Gasteiger partial charge is 0.126 e. The molecular formula is C23H31Cl3N2O. The number of para-hydroxylation sites is 1. The standard InChI is InChI=1S/C23H29ClN2O.2ClH/c1-25-14-16-26(17-15-25)13-4-5-18-27-23-10-3-2-8-21(23)12-11-20-7-6-9-22(24)19-20;;/h2-3,6-12,19H,4-5,13-18H2,1H3;2*1H/b12-11+;;. The monoisotopic (exact) mass is 456 g/mol. The Morgan fingerprint density at radius 2 is 1.69 bits per heavy atom. The quantitative estimate of drug-likeness (QED) is 0.370. The van der Waals surface area contributed by atoms with Gasteiger partial charge < -0.3 is 14.5 Å². The first-order chi connectivity index (χ1) is 13.2. The fourth-order valence-corrected chi connectivity index (χ4v) is 3.44. The Bertz CT molecular complexity index is 746. The molecule has 0 spiro atoms. The van der Waals surface area contributed by atoms with Crippen molar-refractivity contribution in [1.82, 2.24) is 9.80 Å². The number of hydrogen-bond acceptors (Lipinski definition) is 3. The van der Waals surface area contributed by atoms with Crippen LogP contribution in [0.25, 0.3) is 12.2 Å². The average molecular weight is 458 g/mol. The zero-order valence-electron chi connectivity index (χ0n) is 16.9. The molecule has 1 saturated heterocycles. The van der Waals surface area contributed by atoms with Gasteiger partial charge in [-0.05, 0) is 50.2 Å². The van der Waals surface area contributed by atoms with E-state index in [-0.39, 0.29) is 24.8 Å². The highest BCUT2D eigenvalue weighted by Gasteiger charge is 2.12. The predicted octanol–water partition coefficient (Wildman–Crippen LogP) is 5.76. The number of piperazine rings is 1. The summed E-state index contributed by atoms with van der Waals surface area (Å²) < 4.78 is 6.05. The molecule has 160 valence electrons. The molecule has 29 heavy (non-hydrogen) atoms. The number of rotatable bonds is 8. The topological polar surface area (TPSA) is 15.7 Å². The van der Waals surface area contributed by atoms with Crippen molar-refractivity contribution >= 4 is 48.6 Å². The van der Waals surface area contributed by atoms with Crippen molar-refractivity contribution in [2.75, 3.05) is 46.4 Å². The van der Waals surface area contributed by atoms with E-state index in [1.807, 2.05) is 42.5 Å². The van der Waals surface area contributed by atoms with Crippen molar-refractivity contribution in [1.29, 1.82) is 0 Å². The van der Waals surface area contributed by atoms with Crippen LogP contribution in [0.2, 0.25) is 5.02 Å². The summed E-state index contributed by atoms with van der Waals surface area (Å²) in [4.78, 5) is 4.95. The van der Waals surface area contributed by atoms with Crippen molar-refractivity contribution in [2.24, 2.45) is 0 Å². The summed E-state index contributed by atoms with van der Waals surface area (Å²) in [5, 5.41) is 0.752. The van der Waals surface area contributed by atoms with Gasteiger partial charge in [0.25, 0.3) is 0 Å². The summed E-state index contributed by atoms with van der Waals surface area (Å²) in [6.07, 6.45) is 6.43. The molecule has 0 saturated carbocycles. The minimum Gasteiger partial charge on any atom is -0.493 e. The highest BCUT2D eigenvalue weighted by Crippen LogP contribution is 2.22. The summed E-state index contributed by atoms with van der Waals surface area (Å²) in [5.74, 6) is 0.940. The summed E-state index contributed by atoms with van der Waals surface area (Å²) in [7, 11) is 2.20. The van der Waals surface area contributed by atoms with Crippen molar-refractivity contribution < 1.29 is 4.74 Å². The molecule has 0 amide bonds. The third-order valence-electron chi connectivity index (χ3n) is 4.95. The molecule has 0 radical (unpaired) electrons. The summed E-state index contributed by atoms with van der Waals surface area (Å²) >= 11 is 6.05. The first-order valence-electron chi connectivity index (χ1n) is 9.77. The van der Waals surface area contributed by atoms with E-state index in [4.69, 9.17) is 16.3 Å². The third-order valence-corrected chi connectivity index (χ3v) is 5.18. The number of unbranched alkanes of at least 4 members (excludes halogenated alkanes) is 1. The molecule has 1 aliphatic heterocycles. The van der Waals surface area contributed by atoms with Gasteiger partial charge in [0.15, 0.2) is 0 Å². The Labute approximate surface area is 192 Å². The molecule has 2 aromatic rings. The van der Waals surface area contributed by atoms with Crippen LogP contribution in [0.15, 0.2) is 48.5 Å². The summed E-state index contributed by atoms with van der Waals surface area (Å²) in [6.45, 7) is 6.68. The third kappa shape index (κ3) is 8.98. The zero-order chi connectivity index (χ0) is 18.9. The van der Waals surface area contributed by atoms with Gasteiger partial charge in [-0.3, -0.25) is 0 Å². The van der Waals surface area contributed by atoms with E-state index in [0.29, 0.717) is 0 Å². The van der Waals surface area contributed by atoms with Crippen LogP contribution in [0.5, 0.6) is 5.75 Å². The van der Waals surface area contributed by atoms with Gasteiger partial charge in [-0.15, -0.1) is 24.8 Å². The fraction of sp³-hybridized carbons (Fsp3) is 0.391. The maximum absolute atomic E-state index is 6.05. The maximum Gasteiger partial charge on any atom is 0.126 e. The minimum absolute atomic E-state index is 0. The molecule has 1 aliphatic rings. The molecular weight excluding hydrogens is 427 g/mol. The second-order valence-electron chi connectivity index (χ2n) is 7.13. The predicted molar refractivity (Wildman–Crippen MR) is 130 cm³/mol. The van der Waals surface area contributed by atoms with Crippen molar-refractivity contribution in [3.8, 4) is 5.75 Å². The Balaban J connectivity index is 0.00000210. The Morgan fingerprint density at radius 1 is 0.931 bits per heavy atom. The van der Waals surface area contributed by atoms with E-state index < -0.39 is 0 Å². The number of likely N-dealkylation sites (N-methyl/N-ethyl adjacent to an activating group) is 1. The Hall–Kier alpha value is -1.23. The molecule has 2 aromatic carbocycles. The SMILES string of the molecule is CN1CCN(CCCCOc2ccccc2/C=C/c2cccc(Cl)c2)CC1.Cl.Cl. The molecule has 3 rings (SSSR count). The highest BCUT2D eigenvalue weighted by atomic mass is 35.5. The second-order valence-corrected chi connectivity index (χ2v) is 7.56. The molecule has 0 aliphatic carbocycles. The van der Waals surface area contributed by atoms with Crippen LogP contribution in [0.1, 0.15) is 24.0 Å². The largest absolute Gasteiger partial charge is 0.493 e. The molecule has 0 unspecified atom stereocenters. The van der Waals surface area contributed by atoms with E-state index in [2.05, 4.69) is 35.1 Å². The number of benzene rings is 2. The molecule has 0 atom stereocenters. The lowest BCUT2D eigenvalue weighted by molar-refractivity contribution is 0.150. The van der Waals surface area contributed by atoms with E-state index in [9.17, 15) is 0 Å². The highest BCUT2D eigenvalue weighted by molar-refractivity contribution is 6.30. The minimum atomic E-state index is 0. The van der Waals surface area contributed by atoms with Gasteiger partial charge in [-0.2, -0.15) is 0 Å². The first kappa shape index (κ1) is 25.8. The summed E-state index contributed by atoms with van der Waals surface area (Å²) in [5.41, 5.74) is 2.18.